The minimum atomic E-state index is -4.45. The summed E-state index contributed by atoms with van der Waals surface area (Å²) in [7, 11) is 0. The number of Topliss-reactive ketones (excluding diaryl/α,β-unsaturated/α-hetero) is 1. The Hall–Kier alpha value is -1.82. The highest BCUT2D eigenvalue weighted by Gasteiger charge is 2.33. The lowest BCUT2D eigenvalue weighted by Crippen LogP contribution is -2.17. The van der Waals surface area contributed by atoms with Gasteiger partial charge in [-0.1, -0.05) is 40.2 Å². The van der Waals surface area contributed by atoms with Crippen molar-refractivity contribution in [3.05, 3.63) is 64.1 Å². The highest BCUT2D eigenvalue weighted by atomic mass is 79.9. The standard InChI is InChI=1S/C15H11BrF3NO/c16-11-7-5-10(6-8-11)14(21)9-20-13-4-2-1-3-12(13)15(17,18)19/h1-8,20H,9H2. The summed E-state index contributed by atoms with van der Waals surface area (Å²) in [4.78, 5) is 11.9. The van der Waals surface area contributed by atoms with Crippen LogP contribution in [0.2, 0.25) is 0 Å². The number of halogens is 4. The van der Waals surface area contributed by atoms with Crippen LogP contribution in [0, 0.1) is 0 Å². The first-order valence-corrected chi connectivity index (χ1v) is 6.86. The second kappa shape index (κ2) is 6.30. The number of rotatable bonds is 4. The largest absolute Gasteiger partial charge is 0.418 e. The van der Waals surface area contributed by atoms with Crippen molar-refractivity contribution in [1.29, 1.82) is 0 Å². The topological polar surface area (TPSA) is 29.1 Å². The molecule has 21 heavy (non-hydrogen) atoms. The fourth-order valence-corrected chi connectivity index (χ4v) is 2.06. The first-order valence-electron chi connectivity index (χ1n) is 6.07. The zero-order valence-electron chi connectivity index (χ0n) is 10.7. The van der Waals surface area contributed by atoms with Gasteiger partial charge in [0.25, 0.3) is 0 Å². The van der Waals surface area contributed by atoms with Gasteiger partial charge in [-0.2, -0.15) is 13.2 Å². The summed E-state index contributed by atoms with van der Waals surface area (Å²) in [6, 6.07) is 11.7. The molecule has 0 aliphatic rings. The molecule has 2 aromatic rings. The first-order chi connectivity index (χ1) is 9.88. The van der Waals surface area contributed by atoms with Gasteiger partial charge in [0.15, 0.2) is 5.78 Å². The molecule has 6 heteroatoms. The fraction of sp³-hybridized carbons (Fsp3) is 0.133. The number of benzene rings is 2. The van der Waals surface area contributed by atoms with E-state index in [4.69, 9.17) is 0 Å². The van der Waals surface area contributed by atoms with Crippen LogP contribution in [0.15, 0.2) is 53.0 Å². The van der Waals surface area contributed by atoms with Crippen molar-refractivity contribution in [2.75, 3.05) is 11.9 Å². The molecule has 0 aliphatic carbocycles. The normalized spacial score (nSPS) is 11.2. The second-order valence-corrected chi connectivity index (χ2v) is 5.24. The third kappa shape index (κ3) is 4.07. The molecule has 0 aliphatic heterocycles. The molecule has 0 spiro atoms. The number of nitrogens with one attached hydrogen (secondary N) is 1. The number of hydrogen-bond acceptors (Lipinski definition) is 2. The van der Waals surface area contributed by atoms with Crippen molar-refractivity contribution in [2.24, 2.45) is 0 Å². The maximum atomic E-state index is 12.8. The van der Waals surface area contributed by atoms with Gasteiger partial charge in [-0.25, -0.2) is 0 Å². The van der Waals surface area contributed by atoms with E-state index in [2.05, 4.69) is 21.2 Å². The van der Waals surface area contributed by atoms with Crippen molar-refractivity contribution in [3.8, 4) is 0 Å². The van der Waals surface area contributed by atoms with E-state index in [1.165, 1.54) is 18.2 Å². The van der Waals surface area contributed by atoms with Crippen molar-refractivity contribution < 1.29 is 18.0 Å². The summed E-state index contributed by atoms with van der Waals surface area (Å²) >= 11 is 3.25. The van der Waals surface area contributed by atoms with Gasteiger partial charge in [0.2, 0.25) is 0 Å². The molecule has 0 saturated carbocycles. The number of hydrogen-bond donors (Lipinski definition) is 1. The Labute approximate surface area is 128 Å². The van der Waals surface area contributed by atoms with Crippen LogP contribution in [0.1, 0.15) is 15.9 Å². The van der Waals surface area contributed by atoms with Crippen LogP contribution in [0.5, 0.6) is 0 Å². The second-order valence-electron chi connectivity index (χ2n) is 4.33. The van der Waals surface area contributed by atoms with E-state index in [9.17, 15) is 18.0 Å². The molecule has 0 aromatic heterocycles. The smallest absolute Gasteiger partial charge is 0.377 e. The van der Waals surface area contributed by atoms with E-state index >= 15 is 0 Å². The fourth-order valence-electron chi connectivity index (χ4n) is 1.80. The Morgan fingerprint density at radius 3 is 2.29 bits per heavy atom. The summed E-state index contributed by atoms with van der Waals surface area (Å²) in [6.07, 6.45) is -4.45. The average molecular weight is 358 g/mol. The van der Waals surface area contributed by atoms with Gasteiger partial charge in [-0.05, 0) is 24.3 Å². The monoisotopic (exact) mass is 357 g/mol. The Morgan fingerprint density at radius 1 is 1.05 bits per heavy atom. The molecule has 0 fully saturated rings. The van der Waals surface area contributed by atoms with Crippen molar-refractivity contribution in [2.45, 2.75) is 6.18 Å². The molecule has 2 nitrogen and oxygen atoms in total. The first kappa shape index (κ1) is 15.6. The van der Waals surface area contributed by atoms with E-state index < -0.39 is 11.7 Å². The number of para-hydroxylation sites is 1. The third-order valence-electron chi connectivity index (χ3n) is 2.84. The molecule has 110 valence electrons. The number of alkyl halides is 3. The summed E-state index contributed by atoms with van der Waals surface area (Å²) in [5.74, 6) is -0.278. The van der Waals surface area contributed by atoms with Crippen molar-refractivity contribution in [3.63, 3.8) is 0 Å². The van der Waals surface area contributed by atoms with Crippen LogP contribution in [0.3, 0.4) is 0 Å². The molecule has 0 bridgehead atoms. The quantitative estimate of drug-likeness (QED) is 0.799. The molecule has 2 rings (SSSR count). The van der Waals surface area contributed by atoms with Gasteiger partial charge in [-0.3, -0.25) is 4.79 Å². The van der Waals surface area contributed by atoms with Gasteiger partial charge in [-0.15, -0.1) is 0 Å². The van der Waals surface area contributed by atoms with Crippen LogP contribution >= 0.6 is 15.9 Å². The predicted octanol–water partition coefficient (Wildman–Crippen LogP) is 4.76. The van der Waals surface area contributed by atoms with Gasteiger partial charge in [0.05, 0.1) is 12.1 Å². The van der Waals surface area contributed by atoms with Crippen LogP contribution in [0.25, 0.3) is 0 Å². The Kier molecular flexibility index (Phi) is 4.67. The predicted molar refractivity (Wildman–Crippen MR) is 78.4 cm³/mol. The van der Waals surface area contributed by atoms with Crippen LogP contribution in [-0.4, -0.2) is 12.3 Å². The molecule has 0 saturated heterocycles. The molecule has 0 unspecified atom stereocenters. The lowest BCUT2D eigenvalue weighted by atomic mass is 10.1. The van der Waals surface area contributed by atoms with Gasteiger partial charge >= 0.3 is 6.18 Å². The summed E-state index contributed by atoms with van der Waals surface area (Å²) in [6.45, 7) is -0.200. The summed E-state index contributed by atoms with van der Waals surface area (Å²) in [5.41, 5.74) is -0.445. The molecular formula is C15H11BrF3NO. The highest BCUT2D eigenvalue weighted by Crippen LogP contribution is 2.34. The third-order valence-corrected chi connectivity index (χ3v) is 3.37. The molecule has 2 aromatic carbocycles. The van der Waals surface area contributed by atoms with Gasteiger partial charge in [0, 0.05) is 15.7 Å². The zero-order chi connectivity index (χ0) is 15.5. The number of carbonyl (C=O) groups excluding carboxylic acids is 1. The number of carbonyl (C=O) groups is 1. The molecule has 1 N–H and O–H groups in total. The van der Waals surface area contributed by atoms with Gasteiger partial charge < -0.3 is 5.32 Å². The van der Waals surface area contributed by atoms with Crippen LogP contribution in [0.4, 0.5) is 18.9 Å². The maximum absolute atomic E-state index is 12.8. The van der Waals surface area contributed by atoms with E-state index in [1.807, 2.05) is 0 Å². The number of anilines is 1. The van der Waals surface area contributed by atoms with Crippen LogP contribution < -0.4 is 5.32 Å². The molecule has 0 atom stereocenters. The average Bonchev–Trinajstić information content (AvgIpc) is 2.45. The SMILES string of the molecule is O=C(CNc1ccccc1C(F)(F)F)c1ccc(Br)cc1. The van der Waals surface area contributed by atoms with Crippen LogP contribution in [-0.2, 0) is 6.18 Å². The highest BCUT2D eigenvalue weighted by molar-refractivity contribution is 9.10. The molecule has 0 heterocycles. The lowest BCUT2D eigenvalue weighted by Gasteiger charge is -2.13. The number of ketones is 1. The maximum Gasteiger partial charge on any atom is 0.418 e. The van der Waals surface area contributed by atoms with E-state index in [-0.39, 0.29) is 18.0 Å². The summed E-state index contributed by atoms with van der Waals surface area (Å²) < 4.78 is 39.3. The summed E-state index contributed by atoms with van der Waals surface area (Å²) in [5, 5.41) is 2.55. The molecule has 0 amide bonds. The minimum Gasteiger partial charge on any atom is -0.377 e. The van der Waals surface area contributed by atoms with Crippen molar-refractivity contribution in [1.82, 2.24) is 0 Å². The zero-order valence-corrected chi connectivity index (χ0v) is 12.3. The van der Waals surface area contributed by atoms with E-state index in [0.29, 0.717) is 5.56 Å². The minimum absolute atomic E-state index is 0.101. The van der Waals surface area contributed by atoms with Crippen molar-refractivity contribution >= 4 is 27.4 Å². The molecule has 0 radical (unpaired) electrons. The lowest BCUT2D eigenvalue weighted by molar-refractivity contribution is -0.136. The Bertz CT molecular complexity index is 638. The Morgan fingerprint density at radius 2 is 1.67 bits per heavy atom. The van der Waals surface area contributed by atoms with E-state index in [0.717, 1.165) is 10.5 Å². The van der Waals surface area contributed by atoms with Gasteiger partial charge in [0.1, 0.15) is 0 Å². The van der Waals surface area contributed by atoms with E-state index in [1.54, 1.807) is 24.3 Å². The molecular weight excluding hydrogens is 347 g/mol. The Balaban J connectivity index is 2.10.